The molecule has 0 saturated heterocycles. The summed E-state index contributed by atoms with van der Waals surface area (Å²) in [6, 6.07) is 7.87. The van der Waals surface area contributed by atoms with Gasteiger partial charge in [-0.1, -0.05) is 17.3 Å². The second-order valence-corrected chi connectivity index (χ2v) is 7.05. The zero-order chi connectivity index (χ0) is 17.0. The van der Waals surface area contributed by atoms with E-state index in [2.05, 4.69) is 15.3 Å². The van der Waals surface area contributed by atoms with Crippen molar-refractivity contribution in [3.63, 3.8) is 0 Å². The van der Waals surface area contributed by atoms with Gasteiger partial charge in [0.1, 0.15) is 15.0 Å². The maximum absolute atomic E-state index is 13.0. The summed E-state index contributed by atoms with van der Waals surface area (Å²) in [6.07, 6.45) is 0. The van der Waals surface area contributed by atoms with Crippen LogP contribution >= 0.6 is 11.3 Å². The molecule has 0 radical (unpaired) electrons. The highest BCUT2D eigenvalue weighted by Gasteiger charge is 2.16. The third-order valence-corrected chi connectivity index (χ3v) is 5.60. The second-order valence-electron chi connectivity index (χ2n) is 6.05. The molecule has 0 aliphatic heterocycles. The molecule has 0 fully saturated rings. The van der Waals surface area contributed by atoms with E-state index < -0.39 is 0 Å². The van der Waals surface area contributed by atoms with Gasteiger partial charge in [-0.2, -0.15) is 4.68 Å². The first-order valence-electron chi connectivity index (χ1n) is 7.70. The molecule has 3 heterocycles. The number of aryl methyl sites for hydroxylation is 3. The molecule has 0 bridgehead atoms. The molecule has 4 aromatic rings. The van der Waals surface area contributed by atoms with Crippen molar-refractivity contribution in [2.24, 2.45) is 0 Å². The normalized spacial score (nSPS) is 11.5. The van der Waals surface area contributed by atoms with Gasteiger partial charge in [0.25, 0.3) is 5.56 Å². The minimum absolute atomic E-state index is 0.146. The van der Waals surface area contributed by atoms with E-state index in [9.17, 15) is 4.79 Å². The largest absolute Gasteiger partial charge is 0.292 e. The fourth-order valence-electron chi connectivity index (χ4n) is 2.79. The average molecular weight is 336 g/mol. The maximum Gasteiger partial charge on any atom is 0.292 e. The van der Waals surface area contributed by atoms with Gasteiger partial charge in [-0.3, -0.25) is 4.79 Å². The van der Waals surface area contributed by atoms with Gasteiger partial charge in [0.15, 0.2) is 0 Å². The van der Waals surface area contributed by atoms with Crippen LogP contribution in [0, 0.1) is 27.7 Å². The van der Waals surface area contributed by atoms with Gasteiger partial charge in [0, 0.05) is 11.1 Å². The Kier molecular flexibility index (Phi) is 3.25. The van der Waals surface area contributed by atoms with Gasteiger partial charge in [-0.25, -0.2) is 4.98 Å². The van der Waals surface area contributed by atoms with E-state index in [4.69, 9.17) is 0 Å². The number of hydrogen-bond donors (Lipinski definition) is 0. The molecule has 0 aliphatic rings. The first-order chi connectivity index (χ1) is 11.5. The quantitative estimate of drug-likeness (QED) is 0.532. The van der Waals surface area contributed by atoms with Crippen LogP contribution in [0.1, 0.15) is 22.4 Å². The Morgan fingerprint density at radius 3 is 2.67 bits per heavy atom. The second kappa shape index (κ2) is 5.21. The van der Waals surface area contributed by atoms with Crippen LogP contribution < -0.4 is 5.56 Å². The summed E-state index contributed by atoms with van der Waals surface area (Å²) in [5, 5.41) is 9.42. The van der Waals surface area contributed by atoms with Gasteiger partial charge in [0.2, 0.25) is 0 Å². The number of rotatable bonds is 1. The SMILES string of the molecule is Cc1cc2c(nc1C)sc1c(=O)n(-c3cccc(C)c3C)nnc12. The van der Waals surface area contributed by atoms with E-state index in [0.717, 1.165) is 38.3 Å². The van der Waals surface area contributed by atoms with Gasteiger partial charge in [0.05, 0.1) is 5.69 Å². The minimum atomic E-state index is -0.146. The monoisotopic (exact) mass is 336 g/mol. The predicted octanol–water partition coefficient (Wildman–Crippen LogP) is 3.62. The zero-order valence-corrected chi connectivity index (χ0v) is 14.7. The highest BCUT2D eigenvalue weighted by atomic mass is 32.1. The summed E-state index contributed by atoms with van der Waals surface area (Å²) in [4.78, 5) is 18.4. The number of hydrogen-bond acceptors (Lipinski definition) is 5. The molecular weight excluding hydrogens is 320 g/mol. The standard InChI is InChI=1S/C18H16N4OS/c1-9-6-5-7-14(11(9)3)22-18(23)16-15(20-21-22)13-8-10(2)12(4)19-17(13)24-16/h5-8H,1-4H3. The Bertz CT molecular complexity index is 1170. The van der Waals surface area contributed by atoms with Crippen LogP contribution in [0.25, 0.3) is 26.1 Å². The van der Waals surface area contributed by atoms with E-state index in [0.29, 0.717) is 10.2 Å². The molecule has 5 nitrogen and oxygen atoms in total. The van der Waals surface area contributed by atoms with E-state index in [-0.39, 0.29) is 5.56 Å². The number of aromatic nitrogens is 4. The smallest absolute Gasteiger partial charge is 0.266 e. The van der Waals surface area contributed by atoms with Crippen molar-refractivity contribution in [1.29, 1.82) is 0 Å². The fourth-order valence-corrected chi connectivity index (χ4v) is 3.85. The van der Waals surface area contributed by atoms with Gasteiger partial charge in [-0.05, 0) is 56.5 Å². The number of nitrogens with zero attached hydrogens (tertiary/aromatic N) is 4. The zero-order valence-electron chi connectivity index (χ0n) is 13.9. The molecule has 0 aliphatic carbocycles. The van der Waals surface area contributed by atoms with Crippen molar-refractivity contribution in [2.75, 3.05) is 0 Å². The molecule has 0 saturated carbocycles. The van der Waals surface area contributed by atoms with Crippen molar-refractivity contribution in [1.82, 2.24) is 20.0 Å². The fraction of sp³-hybridized carbons (Fsp3) is 0.222. The molecule has 120 valence electrons. The van der Waals surface area contributed by atoms with Crippen LogP contribution in [0.15, 0.2) is 29.1 Å². The highest BCUT2D eigenvalue weighted by molar-refractivity contribution is 7.25. The Hall–Kier alpha value is -2.60. The Morgan fingerprint density at radius 2 is 1.88 bits per heavy atom. The Balaban J connectivity index is 2.07. The van der Waals surface area contributed by atoms with Crippen molar-refractivity contribution in [2.45, 2.75) is 27.7 Å². The van der Waals surface area contributed by atoms with E-state index >= 15 is 0 Å². The van der Waals surface area contributed by atoms with Gasteiger partial charge < -0.3 is 0 Å². The first kappa shape index (κ1) is 15.0. The summed E-state index contributed by atoms with van der Waals surface area (Å²) in [5.41, 5.74) is 5.46. The molecule has 3 aromatic heterocycles. The summed E-state index contributed by atoms with van der Waals surface area (Å²) < 4.78 is 1.98. The van der Waals surface area contributed by atoms with Crippen molar-refractivity contribution < 1.29 is 0 Å². The van der Waals surface area contributed by atoms with Crippen molar-refractivity contribution in [3.05, 3.63) is 57.0 Å². The summed E-state index contributed by atoms with van der Waals surface area (Å²) in [6.45, 7) is 7.99. The first-order valence-corrected chi connectivity index (χ1v) is 8.52. The molecule has 0 unspecified atom stereocenters. The maximum atomic E-state index is 13.0. The summed E-state index contributed by atoms with van der Waals surface area (Å²) >= 11 is 1.38. The van der Waals surface area contributed by atoms with E-state index in [1.165, 1.54) is 16.0 Å². The van der Waals surface area contributed by atoms with E-state index in [1.807, 2.05) is 52.0 Å². The number of pyridine rings is 1. The van der Waals surface area contributed by atoms with Crippen LogP contribution in [0.4, 0.5) is 0 Å². The molecular formula is C18H16N4OS. The lowest BCUT2D eigenvalue weighted by Gasteiger charge is -2.08. The molecule has 1 aromatic carbocycles. The molecule has 0 amide bonds. The summed E-state index contributed by atoms with van der Waals surface area (Å²) in [7, 11) is 0. The Labute approximate surface area is 142 Å². The van der Waals surface area contributed by atoms with Crippen LogP contribution in [-0.2, 0) is 0 Å². The molecule has 4 rings (SSSR count). The van der Waals surface area contributed by atoms with Crippen LogP contribution in [0.5, 0.6) is 0 Å². The predicted molar refractivity (Wildman–Crippen MR) is 97.3 cm³/mol. The van der Waals surface area contributed by atoms with Crippen LogP contribution in [0.3, 0.4) is 0 Å². The Morgan fingerprint density at radius 1 is 1.08 bits per heavy atom. The van der Waals surface area contributed by atoms with Crippen LogP contribution in [0.2, 0.25) is 0 Å². The average Bonchev–Trinajstić information content (AvgIpc) is 2.90. The lowest BCUT2D eigenvalue weighted by molar-refractivity contribution is 0.736. The number of fused-ring (bicyclic) bond motifs is 3. The highest BCUT2D eigenvalue weighted by Crippen LogP contribution is 2.30. The lowest BCUT2D eigenvalue weighted by atomic mass is 10.1. The topological polar surface area (TPSA) is 60.7 Å². The van der Waals surface area contributed by atoms with Crippen LogP contribution in [-0.4, -0.2) is 20.0 Å². The molecule has 0 N–H and O–H groups in total. The number of thiophene rings is 1. The van der Waals surface area contributed by atoms with Gasteiger partial charge >= 0.3 is 0 Å². The molecule has 0 atom stereocenters. The van der Waals surface area contributed by atoms with Gasteiger partial charge in [-0.15, -0.1) is 16.4 Å². The van der Waals surface area contributed by atoms with E-state index in [1.54, 1.807) is 0 Å². The van der Waals surface area contributed by atoms with Crippen molar-refractivity contribution >= 4 is 31.8 Å². The molecule has 24 heavy (non-hydrogen) atoms. The summed E-state index contributed by atoms with van der Waals surface area (Å²) in [5.74, 6) is 0. The minimum Gasteiger partial charge on any atom is -0.266 e. The number of benzene rings is 1. The molecule has 6 heteroatoms. The molecule has 0 spiro atoms. The van der Waals surface area contributed by atoms with Crippen molar-refractivity contribution in [3.8, 4) is 5.69 Å². The third kappa shape index (κ3) is 2.06. The lowest BCUT2D eigenvalue weighted by Crippen LogP contribution is -2.22. The third-order valence-electron chi connectivity index (χ3n) is 4.53.